The Morgan fingerprint density at radius 3 is 3.06 bits per heavy atom. The second-order valence-electron chi connectivity index (χ2n) is 3.51. The van der Waals surface area contributed by atoms with Gasteiger partial charge in [0.05, 0.1) is 5.02 Å². The summed E-state index contributed by atoms with van der Waals surface area (Å²) < 4.78 is 18.6. The summed E-state index contributed by atoms with van der Waals surface area (Å²) >= 11 is 5.91. The van der Waals surface area contributed by atoms with Crippen molar-refractivity contribution in [2.45, 2.75) is 13.5 Å². The number of halogens is 2. The maximum atomic E-state index is 13.3. The zero-order valence-corrected chi connectivity index (χ0v) is 10.1. The van der Waals surface area contributed by atoms with Crippen molar-refractivity contribution in [3.8, 4) is 11.3 Å². The van der Waals surface area contributed by atoms with Crippen molar-refractivity contribution in [3.05, 3.63) is 41.1 Å². The van der Waals surface area contributed by atoms with Crippen LogP contribution in [0.2, 0.25) is 5.02 Å². The molecule has 3 nitrogen and oxygen atoms in total. The average Bonchev–Trinajstić information content (AvgIpc) is 2.78. The Balaban J connectivity index is 2.39. The van der Waals surface area contributed by atoms with Crippen LogP contribution in [-0.4, -0.2) is 11.5 Å². The van der Waals surface area contributed by atoms with Crippen molar-refractivity contribution in [2.75, 3.05) is 6.54 Å². The van der Waals surface area contributed by atoms with Crippen LogP contribution in [-0.2, 0) is 6.54 Å². The zero-order valence-electron chi connectivity index (χ0n) is 9.34. The molecule has 2 rings (SSSR count). The summed E-state index contributed by atoms with van der Waals surface area (Å²) in [6.07, 6.45) is 1.34. The van der Waals surface area contributed by atoms with Crippen LogP contribution in [0.25, 0.3) is 11.3 Å². The van der Waals surface area contributed by atoms with Gasteiger partial charge in [-0.1, -0.05) is 24.6 Å². The molecular weight excluding hydrogens is 243 g/mol. The first kappa shape index (κ1) is 12.1. The lowest BCUT2D eigenvalue weighted by molar-refractivity contribution is 0.568. The van der Waals surface area contributed by atoms with Gasteiger partial charge < -0.3 is 9.73 Å². The number of oxazole rings is 1. The van der Waals surface area contributed by atoms with E-state index in [4.69, 9.17) is 16.0 Å². The van der Waals surface area contributed by atoms with E-state index >= 15 is 0 Å². The van der Waals surface area contributed by atoms with E-state index in [9.17, 15) is 4.39 Å². The molecule has 2 aromatic rings. The van der Waals surface area contributed by atoms with Crippen molar-refractivity contribution in [1.29, 1.82) is 0 Å². The Morgan fingerprint density at radius 1 is 1.47 bits per heavy atom. The standard InChI is InChI=1S/C12H12ClFN2O/c1-2-15-6-10-12(17-7-16-10)8-4-3-5-9(14)11(8)13/h3-5,7,15H,2,6H2,1H3. The monoisotopic (exact) mass is 254 g/mol. The number of hydrogen-bond acceptors (Lipinski definition) is 3. The molecule has 0 spiro atoms. The summed E-state index contributed by atoms with van der Waals surface area (Å²) in [6.45, 7) is 3.38. The average molecular weight is 255 g/mol. The Hall–Kier alpha value is -1.39. The van der Waals surface area contributed by atoms with Gasteiger partial charge in [0.15, 0.2) is 12.2 Å². The summed E-state index contributed by atoms with van der Waals surface area (Å²) in [7, 11) is 0. The maximum Gasteiger partial charge on any atom is 0.181 e. The van der Waals surface area contributed by atoms with Crippen molar-refractivity contribution < 1.29 is 8.81 Å². The van der Waals surface area contributed by atoms with Crippen LogP contribution in [0.4, 0.5) is 4.39 Å². The predicted octanol–water partition coefficient (Wildman–Crippen LogP) is 3.24. The fourth-order valence-electron chi connectivity index (χ4n) is 1.54. The minimum absolute atomic E-state index is 0.0574. The van der Waals surface area contributed by atoms with E-state index in [2.05, 4.69) is 10.3 Å². The molecule has 0 amide bonds. The summed E-state index contributed by atoms with van der Waals surface area (Å²) in [5.41, 5.74) is 1.25. The number of nitrogens with zero attached hydrogens (tertiary/aromatic N) is 1. The van der Waals surface area contributed by atoms with Gasteiger partial charge in [-0.05, 0) is 18.7 Å². The number of benzene rings is 1. The van der Waals surface area contributed by atoms with Gasteiger partial charge >= 0.3 is 0 Å². The minimum Gasteiger partial charge on any atom is -0.443 e. The van der Waals surface area contributed by atoms with Crippen LogP contribution < -0.4 is 5.32 Å². The highest BCUT2D eigenvalue weighted by atomic mass is 35.5. The molecule has 0 aliphatic rings. The second kappa shape index (κ2) is 5.29. The first-order chi connectivity index (χ1) is 8.24. The molecule has 0 bridgehead atoms. The molecule has 90 valence electrons. The van der Waals surface area contributed by atoms with Crippen LogP contribution in [0.3, 0.4) is 0 Å². The molecule has 0 unspecified atom stereocenters. The molecule has 1 heterocycles. The zero-order chi connectivity index (χ0) is 12.3. The third-order valence-electron chi connectivity index (χ3n) is 2.38. The topological polar surface area (TPSA) is 38.1 Å². The summed E-state index contributed by atoms with van der Waals surface area (Å²) in [4.78, 5) is 4.09. The molecule has 5 heteroatoms. The molecule has 1 aromatic heterocycles. The summed E-state index contributed by atoms with van der Waals surface area (Å²) in [5.74, 6) is 0.0467. The molecule has 0 atom stereocenters. The lowest BCUT2D eigenvalue weighted by Gasteiger charge is -2.04. The Bertz CT molecular complexity index is 513. The van der Waals surface area contributed by atoms with Crippen molar-refractivity contribution in [2.24, 2.45) is 0 Å². The Morgan fingerprint density at radius 2 is 2.29 bits per heavy atom. The van der Waals surface area contributed by atoms with E-state index in [0.717, 1.165) is 12.2 Å². The lowest BCUT2D eigenvalue weighted by atomic mass is 10.1. The van der Waals surface area contributed by atoms with E-state index in [1.807, 2.05) is 6.92 Å². The SMILES string of the molecule is CCNCc1ncoc1-c1cccc(F)c1Cl. The van der Waals surface area contributed by atoms with Gasteiger partial charge in [-0.25, -0.2) is 9.37 Å². The van der Waals surface area contributed by atoms with Crippen LogP contribution >= 0.6 is 11.6 Å². The smallest absolute Gasteiger partial charge is 0.181 e. The number of aromatic nitrogens is 1. The molecule has 0 radical (unpaired) electrons. The first-order valence-electron chi connectivity index (χ1n) is 5.31. The third kappa shape index (κ3) is 2.48. The third-order valence-corrected chi connectivity index (χ3v) is 2.76. The first-order valence-corrected chi connectivity index (χ1v) is 5.69. The van der Waals surface area contributed by atoms with Gasteiger partial charge in [-0.3, -0.25) is 0 Å². The highest BCUT2D eigenvalue weighted by Crippen LogP contribution is 2.31. The van der Waals surface area contributed by atoms with Crippen LogP contribution in [0.1, 0.15) is 12.6 Å². The largest absolute Gasteiger partial charge is 0.443 e. The molecule has 1 N–H and O–H groups in total. The quantitative estimate of drug-likeness (QED) is 0.910. The van der Waals surface area contributed by atoms with Gasteiger partial charge in [0.25, 0.3) is 0 Å². The fraction of sp³-hybridized carbons (Fsp3) is 0.250. The van der Waals surface area contributed by atoms with Crippen LogP contribution in [0.15, 0.2) is 29.0 Å². The van der Waals surface area contributed by atoms with E-state index in [1.165, 1.54) is 12.5 Å². The van der Waals surface area contributed by atoms with Gasteiger partial charge in [0, 0.05) is 12.1 Å². The van der Waals surface area contributed by atoms with Crippen molar-refractivity contribution in [3.63, 3.8) is 0 Å². The van der Waals surface area contributed by atoms with Crippen molar-refractivity contribution >= 4 is 11.6 Å². The molecule has 0 aliphatic heterocycles. The molecular formula is C12H12ClFN2O. The van der Waals surface area contributed by atoms with Gasteiger partial charge in [0.1, 0.15) is 11.5 Å². The maximum absolute atomic E-state index is 13.3. The van der Waals surface area contributed by atoms with Crippen LogP contribution in [0, 0.1) is 5.82 Å². The predicted molar refractivity (Wildman–Crippen MR) is 64.3 cm³/mol. The van der Waals surface area contributed by atoms with E-state index in [1.54, 1.807) is 12.1 Å². The van der Waals surface area contributed by atoms with Crippen LogP contribution in [0.5, 0.6) is 0 Å². The summed E-state index contributed by atoms with van der Waals surface area (Å²) in [6, 6.07) is 4.61. The molecule has 0 fully saturated rings. The van der Waals surface area contributed by atoms with Gasteiger partial charge in [-0.15, -0.1) is 0 Å². The minimum atomic E-state index is -0.463. The Labute approximate surface area is 104 Å². The molecule has 0 aliphatic carbocycles. The summed E-state index contributed by atoms with van der Waals surface area (Å²) in [5, 5.41) is 3.19. The van der Waals surface area contributed by atoms with Crippen molar-refractivity contribution in [1.82, 2.24) is 10.3 Å². The van der Waals surface area contributed by atoms with E-state index in [-0.39, 0.29) is 5.02 Å². The highest BCUT2D eigenvalue weighted by Gasteiger charge is 2.15. The second-order valence-corrected chi connectivity index (χ2v) is 3.89. The molecule has 1 aromatic carbocycles. The number of hydrogen-bond donors (Lipinski definition) is 1. The number of rotatable bonds is 4. The lowest BCUT2D eigenvalue weighted by Crippen LogP contribution is -2.12. The molecule has 0 saturated heterocycles. The van der Waals surface area contributed by atoms with E-state index in [0.29, 0.717) is 17.9 Å². The molecule has 0 saturated carbocycles. The van der Waals surface area contributed by atoms with E-state index < -0.39 is 5.82 Å². The van der Waals surface area contributed by atoms with Gasteiger partial charge in [-0.2, -0.15) is 0 Å². The normalized spacial score (nSPS) is 10.8. The Kier molecular flexibility index (Phi) is 3.76. The highest BCUT2D eigenvalue weighted by molar-refractivity contribution is 6.33. The van der Waals surface area contributed by atoms with Gasteiger partial charge in [0.2, 0.25) is 0 Å². The fourth-order valence-corrected chi connectivity index (χ4v) is 1.75. The number of nitrogens with one attached hydrogen (secondary N) is 1. The molecule has 17 heavy (non-hydrogen) atoms.